The molecule has 2 saturated carbocycles. The first-order valence-electron chi connectivity index (χ1n) is 42.3. The van der Waals surface area contributed by atoms with Gasteiger partial charge >= 0.3 is 30.2 Å². The molecule has 0 radical (unpaired) electrons. The lowest BCUT2D eigenvalue weighted by atomic mass is 9.44. The number of primary amides is 1. The molecule has 2 aromatic rings. The van der Waals surface area contributed by atoms with Crippen molar-refractivity contribution in [1.82, 2.24) is 69.1 Å². The maximum Gasteiger partial charge on any atom is 0.509 e. The summed E-state index contributed by atoms with van der Waals surface area (Å²) in [6, 6.07) is 2.97. The second-order valence-electron chi connectivity index (χ2n) is 33.5. The van der Waals surface area contributed by atoms with Crippen LogP contribution < -0.4 is 86.3 Å². The van der Waals surface area contributed by atoms with Gasteiger partial charge in [-0.05, 0) is 96.1 Å². The van der Waals surface area contributed by atoms with E-state index >= 15 is 9.59 Å². The molecule has 2 bridgehead atoms. The fraction of sp³-hybridized carbons (Fsp3) is 0.602. The van der Waals surface area contributed by atoms with Gasteiger partial charge in [0.2, 0.25) is 71.1 Å². The highest BCUT2D eigenvalue weighted by molar-refractivity contribution is 8.77. The highest BCUT2D eigenvalue weighted by Gasteiger charge is 2.78. The van der Waals surface area contributed by atoms with E-state index in [0.29, 0.717) is 0 Å². The zero-order valence-electron chi connectivity index (χ0n) is 75.5. The average molecular weight is 1950 g/mol. The van der Waals surface area contributed by atoms with Crippen molar-refractivity contribution in [2.75, 3.05) is 89.8 Å². The Kier molecular flexibility index (Phi) is 40.6. The molecule has 2 aliphatic heterocycles. The van der Waals surface area contributed by atoms with Crippen molar-refractivity contribution >= 4 is 156 Å². The summed E-state index contributed by atoms with van der Waals surface area (Å²) in [4.78, 5) is 237. The number of nitrogens with one attached hydrogen (secondary N) is 15. The first kappa shape index (κ1) is 109. The third kappa shape index (κ3) is 29.6. The molecule has 0 aromatic heterocycles. The molecule has 0 spiro atoms. The number of rotatable bonds is 30. The highest BCUT2D eigenvalue weighted by atomic mass is 33.1. The van der Waals surface area contributed by atoms with Gasteiger partial charge in [0.05, 0.1) is 55.8 Å². The van der Waals surface area contributed by atoms with Crippen LogP contribution in [0.2, 0.25) is 0 Å². The van der Waals surface area contributed by atoms with Gasteiger partial charge in [-0.2, -0.15) is 0 Å². The number of nitrogens with two attached hydrogens (primary N) is 3. The number of hydrogen-bond donors (Lipinski definition) is 20. The van der Waals surface area contributed by atoms with Crippen LogP contribution in [0.5, 0.6) is 0 Å². The molecule has 7 rings (SSSR count). The summed E-state index contributed by atoms with van der Waals surface area (Å²) in [7, 11) is 6.15. The predicted molar refractivity (Wildman–Crippen MR) is 482 cm³/mol. The lowest BCUT2D eigenvalue weighted by Gasteiger charge is -2.67. The fourth-order valence-electron chi connectivity index (χ4n) is 16.0. The van der Waals surface area contributed by atoms with Crippen LogP contribution >= 0.6 is 43.2 Å². The van der Waals surface area contributed by atoms with E-state index in [0.717, 1.165) is 57.0 Å². The van der Waals surface area contributed by atoms with Gasteiger partial charge in [-0.25, -0.2) is 19.2 Å². The van der Waals surface area contributed by atoms with Crippen LogP contribution in [-0.4, -0.2) is 309 Å². The molecule has 5 aliphatic rings. The molecular formula is C83H120N18O28S4. The molecule has 12 amide bonds. The fourth-order valence-corrected chi connectivity index (χ4v) is 20.3. The summed E-state index contributed by atoms with van der Waals surface area (Å²) in [5.41, 5.74) is 8.16. The second-order valence-corrected chi connectivity index (χ2v) is 38.7. The minimum Gasteiger partial charge on any atom is -0.455 e. The molecule has 4 fully saturated rings. The zero-order chi connectivity index (χ0) is 98.6. The number of benzene rings is 2. The number of aliphatic hydroxyl groups is 2. The van der Waals surface area contributed by atoms with E-state index in [-0.39, 0.29) is 91.3 Å². The number of hydrogen-bond acceptors (Lipinski definition) is 34. The molecule has 133 heavy (non-hydrogen) atoms. The van der Waals surface area contributed by atoms with Gasteiger partial charge in [0.15, 0.2) is 23.3 Å². The summed E-state index contributed by atoms with van der Waals surface area (Å²) in [5, 5.41) is 71.3. The van der Waals surface area contributed by atoms with Crippen molar-refractivity contribution in [3.8, 4) is 0 Å². The lowest BCUT2D eigenvalue weighted by Crippen LogP contribution is -2.82. The number of guanidine groups is 2. The second kappa shape index (κ2) is 49.6. The molecule has 23 N–H and O–H groups in total. The summed E-state index contributed by atoms with van der Waals surface area (Å²) < 4.78 is 54.9. The number of fused-ring (bicyclic) bond motifs is 5. The van der Waals surface area contributed by atoms with Crippen molar-refractivity contribution in [1.29, 1.82) is 10.8 Å². The number of Topliss-reactive ketones (excluding diaryl/α,β-unsaturated/α-hetero) is 1. The Labute approximate surface area is 782 Å². The van der Waals surface area contributed by atoms with Crippen LogP contribution in [0.25, 0.3) is 0 Å². The van der Waals surface area contributed by atoms with Gasteiger partial charge in [-0.1, -0.05) is 106 Å². The van der Waals surface area contributed by atoms with Crippen molar-refractivity contribution in [3.63, 3.8) is 0 Å². The van der Waals surface area contributed by atoms with E-state index < -0.39 is 276 Å². The molecule has 18 atom stereocenters. The summed E-state index contributed by atoms with van der Waals surface area (Å²) in [6.07, 6.45) is -12.7. The van der Waals surface area contributed by atoms with E-state index in [1.807, 2.05) is 0 Å². The minimum absolute atomic E-state index is 0.00830. The first-order chi connectivity index (χ1) is 62.7. The molecule has 2 aromatic carbocycles. The zero-order valence-corrected chi connectivity index (χ0v) is 78.8. The number of amides is 12. The Morgan fingerprint density at radius 2 is 1.29 bits per heavy atom. The lowest BCUT2D eigenvalue weighted by molar-refractivity contribution is -0.347. The van der Waals surface area contributed by atoms with E-state index in [4.69, 9.17) is 70.7 Å². The normalized spacial score (nSPS) is 27.1. The van der Waals surface area contributed by atoms with Gasteiger partial charge < -0.3 is 139 Å². The van der Waals surface area contributed by atoms with E-state index in [1.165, 1.54) is 52.3 Å². The third-order valence-corrected chi connectivity index (χ3v) is 27.4. The number of ketones is 1. The van der Waals surface area contributed by atoms with E-state index in [9.17, 15) is 82.1 Å². The molecule has 1 unspecified atom stereocenters. The van der Waals surface area contributed by atoms with Crippen molar-refractivity contribution in [3.05, 3.63) is 82.9 Å². The monoisotopic (exact) mass is 1940 g/mol. The Bertz CT molecular complexity index is 4620. The maximum atomic E-state index is 16.1. The third-order valence-electron chi connectivity index (χ3n) is 22.6. The Balaban J connectivity index is 1.11. The van der Waals surface area contributed by atoms with Crippen LogP contribution in [-0.2, 0) is 110 Å². The summed E-state index contributed by atoms with van der Waals surface area (Å²) in [6.45, 7) is 10.1. The first-order valence-corrected chi connectivity index (χ1v) is 47.3. The largest absolute Gasteiger partial charge is 0.509 e. The standard InChI is InChI=1S/C83H120N18O28S4/c1-41-53(32-83(120)65(127-73(116)46-23-17-14-18-24-46)63-81(10,64(108)61(122-12)59(41)80(83,8)9)54(121-11)31-55-82(63,40-124-55)128-44(4)104)125-74(117)62(60(45-21-15-13-16-22-45)101-77(118)129-79(5,6)7)126-78(119)123-29-30-130-131-37-50(66(84)109)99-72(115)52-39-133-132-38-51(95-43(3)103)68(111)93-35-58(107)96-47(25-19-27-89-75(85)86)70(113)98-48(26-20-28-90-76(87)88)69(112)94-42(2)67(110)92-33-56(105)91-34-57(106)97-49(36-102)71(114)100-52/h13-18,21-24,42,47-55,60-63,65,102,120H,19-20,25-40H2,1-12H3,(H2,84,109)(H,91,105)(H,92,110)(H,93,111)(H,94,112)(H,95,103)(H,96,107)(H,97,106)(H,98,113)(H,99,115)(H,100,114)(H,101,118)(H4,85,86,89)(H4,87,88,90)/t42-,47-,48-,49-,50-,51-,52-,53?,54+,55-,60+,61-,62-,63+,65+,81-,82+,83-/m0/s1. The molecule has 734 valence electrons. The molecule has 50 heteroatoms. The van der Waals surface area contributed by atoms with Gasteiger partial charge in [0, 0.05) is 82.4 Å². The van der Waals surface area contributed by atoms with Crippen LogP contribution in [0.1, 0.15) is 130 Å². The highest BCUT2D eigenvalue weighted by Crippen LogP contribution is 2.65. The average Bonchev–Trinajstić information content (AvgIpc) is 0.666. The topological polar surface area (TPSA) is 696 Å². The van der Waals surface area contributed by atoms with Crippen LogP contribution in [0, 0.1) is 27.6 Å². The van der Waals surface area contributed by atoms with Gasteiger partial charge in [-0.15, -0.1) is 0 Å². The van der Waals surface area contributed by atoms with Gasteiger partial charge in [-0.3, -0.25) is 73.1 Å². The molecular weight excluding hydrogens is 1830 g/mol. The Hall–Kier alpha value is -11.3. The van der Waals surface area contributed by atoms with E-state index in [1.54, 1.807) is 77.9 Å². The molecule has 2 saturated heterocycles. The Morgan fingerprint density at radius 1 is 0.707 bits per heavy atom. The molecule has 3 aliphatic carbocycles. The number of esters is 3. The van der Waals surface area contributed by atoms with Crippen molar-refractivity contribution in [2.24, 2.45) is 33.9 Å². The smallest absolute Gasteiger partial charge is 0.455 e. The number of alkyl carbamates (subject to hydrolysis) is 1. The number of aliphatic hydroxyl groups excluding tert-OH is 1. The van der Waals surface area contributed by atoms with Gasteiger partial charge in [0.25, 0.3) is 0 Å². The Morgan fingerprint density at radius 3 is 1.86 bits per heavy atom. The number of carbonyl (C=O) groups excluding carboxylic acids is 17. The number of ether oxygens (including phenoxy) is 9. The van der Waals surface area contributed by atoms with Crippen LogP contribution in [0.4, 0.5) is 9.59 Å². The summed E-state index contributed by atoms with van der Waals surface area (Å²) in [5.74, 6) is -18.2. The van der Waals surface area contributed by atoms with Crippen LogP contribution in [0.3, 0.4) is 0 Å². The number of carbonyl (C=O) groups is 17. The molecule has 46 nitrogen and oxygen atoms in total. The quantitative estimate of drug-likeness (QED) is 0.00719. The molecule has 2 heterocycles. The van der Waals surface area contributed by atoms with Crippen LogP contribution in [0.15, 0.2) is 71.8 Å². The van der Waals surface area contributed by atoms with Gasteiger partial charge in [0.1, 0.15) is 90.6 Å². The maximum absolute atomic E-state index is 16.1. The SMILES string of the molecule is CO[C@@H]1C(=O)[C@@]2(C)[C@H](OC)C[C@@H]3OC[C@]3(OC(C)=O)[C@@H]2[C@@H](OC(=O)c2ccccc2)[C@@]2(O)CC(OC(=O)[C@@H](OC(=O)OCCSSC[C@H](NC(=O)[C@@H]3CSSC[C@H](NC(C)=O)C(=O)NCC(=O)N[C@@H](CCCNC(=N)N)C(=O)N[C@@H](CCCNC(=N)N)C(=O)N[C@@H](C)C(=O)NCC(=O)NCC(=O)N[C@@H](CO)C(=O)N3)C(N)=O)[C@H](NC(=O)OC(C)(C)C)c3ccccc3)C(C)=C1C2(C)C. The van der Waals surface area contributed by atoms with Crippen molar-refractivity contribution in [2.45, 2.75) is 210 Å². The minimum atomic E-state index is -2.47. The van der Waals surface area contributed by atoms with E-state index in [2.05, 4.69) is 69.1 Å². The summed E-state index contributed by atoms with van der Waals surface area (Å²) >= 11 is 0. The predicted octanol–water partition coefficient (Wildman–Crippen LogP) is -2.71. The number of methoxy groups -OCH3 is 2. The van der Waals surface area contributed by atoms with Crippen molar-refractivity contribution < 1.29 is 134 Å².